The molecule has 0 bridgehead atoms. The van der Waals surface area contributed by atoms with Crippen molar-refractivity contribution in [3.63, 3.8) is 0 Å². The van der Waals surface area contributed by atoms with Gasteiger partial charge in [-0.25, -0.2) is 0 Å². The normalized spacial score (nSPS) is 10.7. The smallest absolute Gasteiger partial charge is 0.244 e. The third kappa shape index (κ3) is 5.65. The molecular weight excluding hydrogens is 318 g/mol. The van der Waals surface area contributed by atoms with E-state index in [1.807, 2.05) is 36.4 Å². The molecule has 2 aromatic rings. The van der Waals surface area contributed by atoms with E-state index in [-0.39, 0.29) is 5.91 Å². The van der Waals surface area contributed by atoms with Gasteiger partial charge in [-0.15, -0.1) is 0 Å². The van der Waals surface area contributed by atoms with E-state index in [0.717, 1.165) is 16.7 Å². The number of carbonyl (C=O) groups excluding carboxylic acids is 1. The van der Waals surface area contributed by atoms with Crippen LogP contribution in [0.4, 0.5) is 0 Å². The standard InChI is InChI=1S/C20H23NO4/c1-23-14-16-6-4-15(5-7-16)13-21-20(22)11-9-17-8-10-18(24-2)12-19(17)25-3/h4-12H,13-14H2,1-3H3,(H,21,22)/b11-9+. The van der Waals surface area contributed by atoms with Crippen LogP contribution in [0.1, 0.15) is 16.7 Å². The summed E-state index contributed by atoms with van der Waals surface area (Å²) in [5.74, 6) is 1.19. The fourth-order valence-corrected chi connectivity index (χ4v) is 2.29. The lowest BCUT2D eigenvalue weighted by atomic mass is 10.1. The molecule has 0 spiro atoms. The van der Waals surface area contributed by atoms with E-state index in [0.29, 0.717) is 24.7 Å². The van der Waals surface area contributed by atoms with E-state index < -0.39 is 0 Å². The van der Waals surface area contributed by atoms with Crippen LogP contribution in [0.25, 0.3) is 6.08 Å². The molecule has 5 heteroatoms. The van der Waals surface area contributed by atoms with Crippen LogP contribution in [-0.4, -0.2) is 27.2 Å². The lowest BCUT2D eigenvalue weighted by Crippen LogP contribution is -2.20. The molecular formula is C20H23NO4. The molecule has 5 nitrogen and oxygen atoms in total. The van der Waals surface area contributed by atoms with Crippen molar-refractivity contribution in [2.75, 3.05) is 21.3 Å². The van der Waals surface area contributed by atoms with Gasteiger partial charge in [0.25, 0.3) is 0 Å². The highest BCUT2D eigenvalue weighted by Gasteiger charge is 2.03. The van der Waals surface area contributed by atoms with Gasteiger partial charge in [0.15, 0.2) is 0 Å². The molecule has 0 heterocycles. The van der Waals surface area contributed by atoms with Gasteiger partial charge in [-0.3, -0.25) is 4.79 Å². The van der Waals surface area contributed by atoms with E-state index in [9.17, 15) is 4.79 Å². The quantitative estimate of drug-likeness (QED) is 0.749. The third-order valence-electron chi connectivity index (χ3n) is 3.66. The van der Waals surface area contributed by atoms with Crippen molar-refractivity contribution in [3.05, 3.63) is 65.2 Å². The van der Waals surface area contributed by atoms with E-state index in [4.69, 9.17) is 14.2 Å². The Balaban J connectivity index is 1.92. The summed E-state index contributed by atoms with van der Waals surface area (Å²) in [6.45, 7) is 1.05. The monoisotopic (exact) mass is 341 g/mol. The topological polar surface area (TPSA) is 56.8 Å². The second kappa shape index (κ2) is 9.49. The van der Waals surface area contributed by atoms with E-state index in [1.54, 1.807) is 33.5 Å². The first-order valence-corrected chi connectivity index (χ1v) is 7.91. The van der Waals surface area contributed by atoms with Gasteiger partial charge in [-0.2, -0.15) is 0 Å². The molecule has 1 N–H and O–H groups in total. The lowest BCUT2D eigenvalue weighted by molar-refractivity contribution is -0.116. The Labute approximate surface area is 148 Å². The van der Waals surface area contributed by atoms with Crippen molar-refractivity contribution in [1.82, 2.24) is 5.32 Å². The van der Waals surface area contributed by atoms with Gasteiger partial charge in [-0.05, 0) is 29.3 Å². The molecule has 0 aromatic heterocycles. The molecule has 2 rings (SSSR count). The van der Waals surface area contributed by atoms with Gasteiger partial charge < -0.3 is 19.5 Å². The number of hydrogen-bond acceptors (Lipinski definition) is 4. The average molecular weight is 341 g/mol. The largest absolute Gasteiger partial charge is 0.497 e. The minimum Gasteiger partial charge on any atom is -0.497 e. The minimum atomic E-state index is -0.168. The summed E-state index contributed by atoms with van der Waals surface area (Å²) in [7, 11) is 4.84. The maximum atomic E-state index is 12.0. The van der Waals surface area contributed by atoms with Gasteiger partial charge in [0.1, 0.15) is 11.5 Å². The Morgan fingerprint density at radius 3 is 2.36 bits per heavy atom. The molecule has 0 fully saturated rings. The highest BCUT2D eigenvalue weighted by molar-refractivity contribution is 5.92. The predicted molar refractivity (Wildman–Crippen MR) is 97.6 cm³/mol. The first-order chi connectivity index (χ1) is 12.2. The van der Waals surface area contributed by atoms with E-state index in [1.165, 1.54) is 6.08 Å². The zero-order valence-electron chi connectivity index (χ0n) is 14.7. The maximum Gasteiger partial charge on any atom is 0.244 e. The zero-order chi connectivity index (χ0) is 18.1. The number of amides is 1. The fraction of sp³-hybridized carbons (Fsp3) is 0.250. The third-order valence-corrected chi connectivity index (χ3v) is 3.66. The van der Waals surface area contributed by atoms with Crippen molar-refractivity contribution in [2.24, 2.45) is 0 Å². The summed E-state index contributed by atoms with van der Waals surface area (Å²) < 4.78 is 15.5. The van der Waals surface area contributed by atoms with Crippen LogP contribution in [0.5, 0.6) is 11.5 Å². The van der Waals surface area contributed by atoms with Crippen LogP contribution < -0.4 is 14.8 Å². The fourth-order valence-electron chi connectivity index (χ4n) is 2.29. The number of ether oxygens (including phenoxy) is 3. The van der Waals surface area contributed by atoms with Crippen LogP contribution in [0.3, 0.4) is 0 Å². The second-order valence-electron chi connectivity index (χ2n) is 5.41. The van der Waals surface area contributed by atoms with Crippen molar-refractivity contribution < 1.29 is 19.0 Å². The summed E-state index contributed by atoms with van der Waals surface area (Å²) >= 11 is 0. The van der Waals surface area contributed by atoms with Gasteiger partial charge in [0, 0.05) is 31.4 Å². The molecule has 0 radical (unpaired) electrons. The van der Waals surface area contributed by atoms with E-state index >= 15 is 0 Å². The first kappa shape index (κ1) is 18.5. The first-order valence-electron chi connectivity index (χ1n) is 7.91. The Kier molecular flexibility index (Phi) is 7.04. The molecule has 0 aliphatic heterocycles. The number of methoxy groups -OCH3 is 3. The number of rotatable bonds is 8. The van der Waals surface area contributed by atoms with Crippen LogP contribution in [-0.2, 0) is 22.7 Å². The summed E-state index contributed by atoms with van der Waals surface area (Å²) in [5, 5.41) is 2.86. The minimum absolute atomic E-state index is 0.168. The number of hydrogen-bond donors (Lipinski definition) is 1. The maximum absolute atomic E-state index is 12.0. The number of nitrogens with one attached hydrogen (secondary N) is 1. The molecule has 0 aliphatic carbocycles. The van der Waals surface area contributed by atoms with Crippen LogP contribution in [0.2, 0.25) is 0 Å². The lowest BCUT2D eigenvalue weighted by Gasteiger charge is -2.07. The molecule has 0 saturated carbocycles. The van der Waals surface area contributed by atoms with E-state index in [2.05, 4.69) is 5.32 Å². The SMILES string of the molecule is COCc1ccc(CNC(=O)/C=C/c2ccc(OC)cc2OC)cc1. The van der Waals surface area contributed by atoms with Crippen LogP contribution in [0, 0.1) is 0 Å². The van der Waals surface area contributed by atoms with Crippen molar-refractivity contribution in [1.29, 1.82) is 0 Å². The predicted octanol–water partition coefficient (Wildman–Crippen LogP) is 3.18. The van der Waals surface area contributed by atoms with Gasteiger partial charge in [0.2, 0.25) is 5.91 Å². The average Bonchev–Trinajstić information content (AvgIpc) is 2.65. The molecule has 1 amide bonds. The van der Waals surface area contributed by atoms with Gasteiger partial charge in [-0.1, -0.05) is 24.3 Å². The Bertz CT molecular complexity index is 723. The van der Waals surface area contributed by atoms with Crippen LogP contribution >= 0.6 is 0 Å². The summed E-state index contributed by atoms with van der Waals surface area (Å²) in [5.41, 5.74) is 2.94. The number of carbonyl (C=O) groups is 1. The Morgan fingerprint density at radius 1 is 1.00 bits per heavy atom. The highest BCUT2D eigenvalue weighted by Crippen LogP contribution is 2.25. The van der Waals surface area contributed by atoms with Gasteiger partial charge >= 0.3 is 0 Å². The van der Waals surface area contributed by atoms with Crippen molar-refractivity contribution in [2.45, 2.75) is 13.2 Å². The zero-order valence-corrected chi connectivity index (χ0v) is 14.7. The molecule has 25 heavy (non-hydrogen) atoms. The molecule has 0 saturated heterocycles. The van der Waals surface area contributed by atoms with Crippen LogP contribution in [0.15, 0.2) is 48.5 Å². The molecule has 0 atom stereocenters. The Morgan fingerprint density at radius 2 is 1.72 bits per heavy atom. The summed E-state index contributed by atoms with van der Waals surface area (Å²) in [4.78, 5) is 12.0. The summed E-state index contributed by atoms with van der Waals surface area (Å²) in [6.07, 6.45) is 3.21. The van der Waals surface area contributed by atoms with Crippen molar-refractivity contribution in [3.8, 4) is 11.5 Å². The molecule has 132 valence electrons. The number of benzene rings is 2. The molecule has 2 aromatic carbocycles. The highest BCUT2D eigenvalue weighted by atomic mass is 16.5. The van der Waals surface area contributed by atoms with Crippen molar-refractivity contribution >= 4 is 12.0 Å². The Hall–Kier alpha value is -2.79. The summed E-state index contributed by atoms with van der Waals surface area (Å²) in [6, 6.07) is 13.4. The second-order valence-corrected chi connectivity index (χ2v) is 5.41. The molecule has 0 unspecified atom stereocenters. The van der Waals surface area contributed by atoms with Gasteiger partial charge in [0.05, 0.1) is 20.8 Å². The molecule has 0 aliphatic rings.